The summed E-state index contributed by atoms with van der Waals surface area (Å²) in [6.07, 6.45) is 7.79. The van der Waals surface area contributed by atoms with Crippen LogP contribution in [0.3, 0.4) is 0 Å². The number of hydrogen-bond donors (Lipinski definition) is 1. The Morgan fingerprint density at radius 1 is 1.11 bits per heavy atom. The molecular weight excluding hydrogens is 110 g/mol. The van der Waals surface area contributed by atoms with Crippen LogP contribution >= 0.6 is 0 Å². The van der Waals surface area contributed by atoms with E-state index < -0.39 is 0 Å². The lowest BCUT2D eigenvalue weighted by Gasteiger charge is -1.95. The molecule has 9 heavy (non-hydrogen) atoms. The fourth-order valence-electron chi connectivity index (χ4n) is 0.866. The zero-order valence-corrected chi connectivity index (χ0v) is 6.40. The summed E-state index contributed by atoms with van der Waals surface area (Å²) in [6.45, 7) is 3.99. The summed E-state index contributed by atoms with van der Waals surface area (Å²) in [5.41, 5.74) is 5.22. The second-order valence-electron chi connectivity index (χ2n) is 2.44. The van der Waals surface area contributed by atoms with Crippen molar-refractivity contribution in [3.05, 3.63) is 6.54 Å². The van der Waals surface area contributed by atoms with Crippen LogP contribution in [0.5, 0.6) is 0 Å². The van der Waals surface area contributed by atoms with Gasteiger partial charge in [-0.15, -0.1) is 0 Å². The summed E-state index contributed by atoms with van der Waals surface area (Å²) in [5, 5.41) is 0. The second kappa shape index (κ2) is 7.96. The first-order valence-electron chi connectivity index (χ1n) is 3.95. The zero-order valence-electron chi connectivity index (χ0n) is 6.40. The van der Waals surface area contributed by atoms with Gasteiger partial charge in [0.1, 0.15) is 0 Å². The van der Waals surface area contributed by atoms with E-state index in [0.29, 0.717) is 0 Å². The van der Waals surface area contributed by atoms with Crippen molar-refractivity contribution in [2.45, 2.75) is 45.4 Å². The fraction of sp³-hybridized carbons (Fsp3) is 0.875. The first-order valence-corrected chi connectivity index (χ1v) is 3.95. The molecular formula is C8H18N. The van der Waals surface area contributed by atoms with Crippen LogP contribution in [0.4, 0.5) is 0 Å². The van der Waals surface area contributed by atoms with E-state index >= 15 is 0 Å². The van der Waals surface area contributed by atoms with Gasteiger partial charge in [-0.05, 0) is 6.42 Å². The highest BCUT2D eigenvalue weighted by molar-refractivity contribution is 4.53. The lowest BCUT2D eigenvalue weighted by molar-refractivity contribution is 0.628. The summed E-state index contributed by atoms with van der Waals surface area (Å²) in [5.74, 6) is 0. The molecule has 2 N–H and O–H groups in total. The molecule has 0 bridgehead atoms. The van der Waals surface area contributed by atoms with Gasteiger partial charge in [0.05, 0.1) is 0 Å². The number of rotatable bonds is 6. The van der Waals surface area contributed by atoms with Crippen LogP contribution in [-0.2, 0) is 0 Å². The molecule has 1 radical (unpaired) electrons. The van der Waals surface area contributed by atoms with Crippen molar-refractivity contribution in [1.82, 2.24) is 0 Å². The van der Waals surface area contributed by atoms with E-state index in [4.69, 9.17) is 5.73 Å². The third kappa shape index (κ3) is 7.96. The highest BCUT2D eigenvalue weighted by Gasteiger charge is 1.86. The first-order chi connectivity index (χ1) is 4.41. The van der Waals surface area contributed by atoms with Gasteiger partial charge in [-0.1, -0.05) is 39.0 Å². The number of nitrogens with two attached hydrogens (primary N) is 1. The van der Waals surface area contributed by atoms with Crippen molar-refractivity contribution in [3.8, 4) is 0 Å². The van der Waals surface area contributed by atoms with Crippen molar-refractivity contribution < 1.29 is 0 Å². The van der Waals surface area contributed by atoms with Gasteiger partial charge >= 0.3 is 0 Å². The Bertz CT molecular complexity index is 37.8. The number of unbranched alkanes of at least 4 members (excludes halogenated alkanes) is 5. The molecule has 0 saturated carbocycles. The van der Waals surface area contributed by atoms with Gasteiger partial charge in [0.25, 0.3) is 0 Å². The lowest BCUT2D eigenvalue weighted by atomic mass is 10.1. The molecule has 0 saturated heterocycles. The molecule has 1 heteroatoms. The molecule has 0 spiro atoms. The van der Waals surface area contributed by atoms with Gasteiger partial charge < -0.3 is 5.73 Å². The van der Waals surface area contributed by atoms with Crippen molar-refractivity contribution in [3.63, 3.8) is 0 Å². The summed E-state index contributed by atoms with van der Waals surface area (Å²) in [4.78, 5) is 0. The predicted octanol–water partition coefficient (Wildman–Crippen LogP) is 2.47. The first kappa shape index (κ1) is 8.96. The molecule has 1 nitrogen and oxygen atoms in total. The average molecular weight is 128 g/mol. The molecule has 0 aliphatic rings. The predicted molar refractivity (Wildman–Crippen MR) is 41.9 cm³/mol. The Morgan fingerprint density at radius 2 is 1.78 bits per heavy atom. The van der Waals surface area contributed by atoms with Crippen LogP contribution in [0.1, 0.15) is 45.4 Å². The molecule has 0 aliphatic heterocycles. The van der Waals surface area contributed by atoms with Gasteiger partial charge in [0.15, 0.2) is 0 Å². The number of hydrogen-bond acceptors (Lipinski definition) is 1. The fourth-order valence-corrected chi connectivity index (χ4v) is 0.866. The van der Waals surface area contributed by atoms with Crippen LogP contribution in [0.2, 0.25) is 0 Å². The maximum atomic E-state index is 5.22. The highest BCUT2D eigenvalue weighted by Crippen LogP contribution is 2.04. The van der Waals surface area contributed by atoms with E-state index in [0.717, 1.165) is 6.42 Å². The van der Waals surface area contributed by atoms with Crippen LogP contribution in [0.15, 0.2) is 0 Å². The highest BCUT2D eigenvalue weighted by atomic mass is 14.5. The Morgan fingerprint density at radius 3 is 2.33 bits per heavy atom. The van der Waals surface area contributed by atoms with E-state index in [1.807, 2.05) is 0 Å². The van der Waals surface area contributed by atoms with Gasteiger partial charge in [-0.25, -0.2) is 0 Å². The summed E-state index contributed by atoms with van der Waals surface area (Å²) >= 11 is 0. The molecule has 0 rings (SSSR count). The molecule has 0 aromatic heterocycles. The van der Waals surface area contributed by atoms with Crippen LogP contribution in [-0.4, -0.2) is 0 Å². The largest absolute Gasteiger partial charge is 0.326 e. The van der Waals surface area contributed by atoms with E-state index in [1.165, 1.54) is 32.1 Å². The average Bonchev–Trinajstić information content (AvgIpc) is 1.89. The van der Waals surface area contributed by atoms with E-state index in [1.54, 1.807) is 6.54 Å². The summed E-state index contributed by atoms with van der Waals surface area (Å²) in [7, 11) is 0. The van der Waals surface area contributed by atoms with Crippen molar-refractivity contribution in [2.24, 2.45) is 5.73 Å². The second-order valence-corrected chi connectivity index (χ2v) is 2.44. The van der Waals surface area contributed by atoms with Crippen LogP contribution < -0.4 is 5.73 Å². The Hall–Kier alpha value is -0.0400. The molecule has 0 aliphatic carbocycles. The molecule has 0 fully saturated rings. The minimum absolute atomic E-state index is 1.09. The molecule has 0 heterocycles. The molecule has 0 unspecified atom stereocenters. The van der Waals surface area contributed by atoms with E-state index in [-0.39, 0.29) is 0 Å². The maximum Gasteiger partial charge on any atom is 0.0192 e. The zero-order chi connectivity index (χ0) is 6.95. The minimum atomic E-state index is 1.09. The SMILES string of the molecule is CCCCCCC[CH]N. The summed E-state index contributed by atoms with van der Waals surface area (Å²) in [6, 6.07) is 0. The Kier molecular flexibility index (Phi) is 7.92. The molecule has 0 atom stereocenters. The minimum Gasteiger partial charge on any atom is -0.326 e. The van der Waals surface area contributed by atoms with Crippen LogP contribution in [0, 0.1) is 6.54 Å². The molecule has 0 aromatic rings. The van der Waals surface area contributed by atoms with Crippen molar-refractivity contribution in [2.75, 3.05) is 0 Å². The Balaban J connectivity index is 2.60. The molecule has 0 aromatic carbocycles. The quantitative estimate of drug-likeness (QED) is 0.546. The topological polar surface area (TPSA) is 26.0 Å². The van der Waals surface area contributed by atoms with Crippen molar-refractivity contribution in [1.29, 1.82) is 0 Å². The molecule has 0 amide bonds. The third-order valence-electron chi connectivity index (χ3n) is 1.47. The summed E-state index contributed by atoms with van der Waals surface area (Å²) < 4.78 is 0. The standard InChI is InChI=1S/C8H18N/c1-2-3-4-5-6-7-8-9/h8H,2-7,9H2,1H3. The molecule has 55 valence electrons. The van der Waals surface area contributed by atoms with E-state index in [2.05, 4.69) is 6.92 Å². The van der Waals surface area contributed by atoms with Gasteiger partial charge in [-0.2, -0.15) is 0 Å². The van der Waals surface area contributed by atoms with E-state index in [9.17, 15) is 0 Å². The van der Waals surface area contributed by atoms with Crippen molar-refractivity contribution >= 4 is 0 Å². The maximum absolute atomic E-state index is 5.22. The smallest absolute Gasteiger partial charge is 0.0192 e. The van der Waals surface area contributed by atoms with Gasteiger partial charge in [0, 0.05) is 6.54 Å². The Labute approximate surface area is 58.6 Å². The monoisotopic (exact) mass is 128 g/mol. The van der Waals surface area contributed by atoms with Crippen LogP contribution in [0.25, 0.3) is 0 Å². The van der Waals surface area contributed by atoms with Gasteiger partial charge in [0.2, 0.25) is 0 Å². The normalized spacial score (nSPS) is 10.0. The third-order valence-corrected chi connectivity index (χ3v) is 1.47. The van der Waals surface area contributed by atoms with Gasteiger partial charge in [-0.3, -0.25) is 0 Å². The lowest BCUT2D eigenvalue weighted by Crippen LogP contribution is -1.89.